The van der Waals surface area contributed by atoms with Crippen molar-refractivity contribution in [1.29, 1.82) is 0 Å². The summed E-state index contributed by atoms with van der Waals surface area (Å²) in [7, 11) is 5.03. The number of halogens is 1. The Kier molecular flexibility index (Phi) is 12.2. The van der Waals surface area contributed by atoms with Gasteiger partial charge in [-0.2, -0.15) is 0 Å². The van der Waals surface area contributed by atoms with Gasteiger partial charge in [0.25, 0.3) is 0 Å². The Morgan fingerprint density at radius 2 is 1.86 bits per heavy atom. The van der Waals surface area contributed by atoms with Gasteiger partial charge in [0, 0.05) is 38.5 Å². The topological polar surface area (TPSA) is 67.4 Å². The van der Waals surface area contributed by atoms with E-state index in [1.54, 1.807) is 21.3 Å². The lowest BCUT2D eigenvalue weighted by Gasteiger charge is -2.31. The third-order valence-electron chi connectivity index (χ3n) is 4.82. The lowest BCUT2D eigenvalue weighted by atomic mass is 9.97. The zero-order valence-electron chi connectivity index (χ0n) is 17.5. The number of nitrogens with zero attached hydrogens (tertiary/aromatic N) is 2. The van der Waals surface area contributed by atoms with Crippen LogP contribution in [0.15, 0.2) is 23.2 Å². The lowest BCUT2D eigenvalue weighted by molar-refractivity contribution is 0.121. The first-order chi connectivity index (χ1) is 13.2. The van der Waals surface area contributed by atoms with Gasteiger partial charge in [-0.3, -0.25) is 4.99 Å². The monoisotopic (exact) mass is 506 g/mol. The van der Waals surface area contributed by atoms with E-state index in [4.69, 9.17) is 19.2 Å². The second-order valence-corrected chi connectivity index (χ2v) is 6.69. The molecule has 1 saturated heterocycles. The van der Waals surface area contributed by atoms with Crippen LogP contribution >= 0.6 is 24.0 Å². The lowest BCUT2D eigenvalue weighted by Crippen LogP contribution is -2.37. The maximum Gasteiger partial charge on any atom is 0.195 e. The average Bonchev–Trinajstić information content (AvgIpc) is 2.71. The standard InChI is InChI=1S/C20H34N4O3.HI/c1-5-21-20(23-17-6-7-18(26-3)19(14-17)27-4)22-15-16-8-10-24(11-9-16)12-13-25-2;/h6-7,14,16H,5,8-13,15H2,1-4H3,(H2,21,22,23);1H. The number of piperidine rings is 1. The van der Waals surface area contributed by atoms with Crippen molar-refractivity contribution in [2.75, 3.05) is 66.0 Å². The predicted molar refractivity (Wildman–Crippen MR) is 126 cm³/mol. The molecule has 0 aromatic heterocycles. The second kappa shape index (κ2) is 13.8. The molecular weight excluding hydrogens is 471 g/mol. The zero-order valence-corrected chi connectivity index (χ0v) is 19.8. The minimum atomic E-state index is 0. The highest BCUT2D eigenvalue weighted by Gasteiger charge is 2.18. The minimum absolute atomic E-state index is 0. The third-order valence-corrected chi connectivity index (χ3v) is 4.82. The van der Waals surface area contributed by atoms with Gasteiger partial charge in [0.1, 0.15) is 0 Å². The summed E-state index contributed by atoms with van der Waals surface area (Å²) in [6, 6.07) is 5.77. The van der Waals surface area contributed by atoms with Crippen molar-refractivity contribution in [3.8, 4) is 11.5 Å². The van der Waals surface area contributed by atoms with Crippen molar-refractivity contribution in [1.82, 2.24) is 10.2 Å². The van der Waals surface area contributed by atoms with E-state index in [9.17, 15) is 0 Å². The largest absolute Gasteiger partial charge is 0.493 e. The number of anilines is 1. The van der Waals surface area contributed by atoms with Crippen molar-refractivity contribution in [3.63, 3.8) is 0 Å². The van der Waals surface area contributed by atoms with Gasteiger partial charge in [-0.1, -0.05) is 0 Å². The normalized spacial score (nSPS) is 15.6. The van der Waals surface area contributed by atoms with E-state index in [0.717, 1.165) is 51.0 Å². The summed E-state index contributed by atoms with van der Waals surface area (Å²) in [4.78, 5) is 7.27. The highest BCUT2D eigenvalue weighted by Crippen LogP contribution is 2.29. The van der Waals surface area contributed by atoms with Crippen LogP contribution in [0.4, 0.5) is 5.69 Å². The fourth-order valence-corrected chi connectivity index (χ4v) is 3.19. The van der Waals surface area contributed by atoms with Crippen molar-refractivity contribution in [3.05, 3.63) is 18.2 Å². The molecule has 0 bridgehead atoms. The molecule has 1 heterocycles. The molecular formula is C20H35IN4O3. The molecule has 0 radical (unpaired) electrons. The maximum absolute atomic E-state index is 5.37. The molecule has 0 unspecified atom stereocenters. The van der Waals surface area contributed by atoms with E-state index >= 15 is 0 Å². The smallest absolute Gasteiger partial charge is 0.195 e. The van der Waals surface area contributed by atoms with Crippen molar-refractivity contribution in [2.45, 2.75) is 19.8 Å². The van der Waals surface area contributed by atoms with Gasteiger partial charge in [0.05, 0.1) is 20.8 Å². The molecule has 1 fully saturated rings. The van der Waals surface area contributed by atoms with Crippen LogP contribution in [0.3, 0.4) is 0 Å². The Balaban J connectivity index is 0.00000392. The number of nitrogens with one attached hydrogen (secondary N) is 2. The van der Waals surface area contributed by atoms with Gasteiger partial charge in [-0.05, 0) is 50.9 Å². The zero-order chi connectivity index (χ0) is 19.5. The summed E-state index contributed by atoms with van der Waals surface area (Å²) in [5.41, 5.74) is 0.918. The molecule has 8 heteroatoms. The number of ether oxygens (including phenoxy) is 3. The molecule has 1 aromatic carbocycles. The Morgan fingerprint density at radius 3 is 2.46 bits per heavy atom. The Labute approximate surface area is 186 Å². The highest BCUT2D eigenvalue weighted by molar-refractivity contribution is 14.0. The molecule has 2 rings (SSSR count). The van der Waals surface area contributed by atoms with Gasteiger partial charge in [0.15, 0.2) is 17.5 Å². The summed E-state index contributed by atoms with van der Waals surface area (Å²) < 4.78 is 15.8. The molecule has 0 aliphatic carbocycles. The molecule has 0 spiro atoms. The molecule has 0 amide bonds. The number of benzene rings is 1. The van der Waals surface area contributed by atoms with Gasteiger partial charge in [0.2, 0.25) is 0 Å². The Bertz CT molecular complexity index is 593. The van der Waals surface area contributed by atoms with Crippen LogP contribution < -0.4 is 20.1 Å². The van der Waals surface area contributed by atoms with Gasteiger partial charge >= 0.3 is 0 Å². The first kappa shape index (κ1) is 24.8. The summed E-state index contributed by atoms with van der Waals surface area (Å²) in [6.45, 7) is 7.81. The summed E-state index contributed by atoms with van der Waals surface area (Å²) in [5.74, 6) is 2.84. The average molecular weight is 506 g/mol. The first-order valence-corrected chi connectivity index (χ1v) is 9.68. The van der Waals surface area contributed by atoms with Gasteiger partial charge in [-0.25, -0.2) is 0 Å². The van der Waals surface area contributed by atoms with Crippen LogP contribution in [-0.4, -0.2) is 71.5 Å². The molecule has 160 valence electrons. The molecule has 1 aromatic rings. The van der Waals surface area contributed by atoms with E-state index in [-0.39, 0.29) is 24.0 Å². The number of likely N-dealkylation sites (tertiary alicyclic amines) is 1. The molecule has 0 atom stereocenters. The van der Waals surface area contributed by atoms with Crippen LogP contribution in [0.1, 0.15) is 19.8 Å². The fraction of sp³-hybridized carbons (Fsp3) is 0.650. The van der Waals surface area contributed by atoms with Gasteiger partial charge < -0.3 is 29.7 Å². The van der Waals surface area contributed by atoms with Crippen LogP contribution in [0.2, 0.25) is 0 Å². The minimum Gasteiger partial charge on any atom is -0.493 e. The number of methoxy groups -OCH3 is 3. The maximum atomic E-state index is 5.37. The molecule has 0 saturated carbocycles. The van der Waals surface area contributed by atoms with E-state index < -0.39 is 0 Å². The number of guanidine groups is 1. The van der Waals surface area contributed by atoms with Crippen molar-refractivity contribution >= 4 is 35.6 Å². The second-order valence-electron chi connectivity index (χ2n) is 6.69. The third kappa shape index (κ3) is 8.00. The van der Waals surface area contributed by atoms with Crippen LogP contribution in [-0.2, 0) is 4.74 Å². The molecule has 28 heavy (non-hydrogen) atoms. The van der Waals surface area contributed by atoms with E-state index in [2.05, 4.69) is 22.5 Å². The SMILES string of the molecule is CCNC(=NCC1CCN(CCOC)CC1)Nc1ccc(OC)c(OC)c1.I. The molecule has 2 N–H and O–H groups in total. The predicted octanol–water partition coefficient (Wildman–Crippen LogP) is 3.06. The number of hydrogen-bond acceptors (Lipinski definition) is 5. The number of rotatable bonds is 9. The Morgan fingerprint density at radius 1 is 1.14 bits per heavy atom. The van der Waals surface area contributed by atoms with Crippen molar-refractivity contribution < 1.29 is 14.2 Å². The van der Waals surface area contributed by atoms with E-state index in [1.807, 2.05) is 18.2 Å². The highest BCUT2D eigenvalue weighted by atomic mass is 127. The quantitative estimate of drug-likeness (QED) is 0.305. The molecule has 1 aliphatic heterocycles. The Hall–Kier alpha value is -1.26. The summed E-state index contributed by atoms with van der Waals surface area (Å²) in [5, 5.41) is 6.67. The van der Waals surface area contributed by atoms with Crippen LogP contribution in [0, 0.1) is 5.92 Å². The first-order valence-electron chi connectivity index (χ1n) is 9.68. The van der Waals surface area contributed by atoms with Crippen LogP contribution in [0.5, 0.6) is 11.5 Å². The fourth-order valence-electron chi connectivity index (χ4n) is 3.19. The molecule has 1 aliphatic rings. The summed E-state index contributed by atoms with van der Waals surface area (Å²) >= 11 is 0. The summed E-state index contributed by atoms with van der Waals surface area (Å²) in [6.07, 6.45) is 2.37. The van der Waals surface area contributed by atoms with E-state index in [1.165, 1.54) is 12.8 Å². The van der Waals surface area contributed by atoms with E-state index in [0.29, 0.717) is 17.4 Å². The number of hydrogen-bond donors (Lipinski definition) is 2. The number of aliphatic imine (C=N–C) groups is 1. The van der Waals surface area contributed by atoms with Crippen molar-refractivity contribution in [2.24, 2.45) is 10.9 Å². The van der Waals surface area contributed by atoms with Gasteiger partial charge in [-0.15, -0.1) is 24.0 Å². The van der Waals surface area contributed by atoms with Crippen LogP contribution in [0.25, 0.3) is 0 Å². The molecule has 7 nitrogen and oxygen atoms in total.